The maximum Gasteiger partial charge on any atom is 2.00 e. The number of rotatable bonds is 11. The van der Waals surface area contributed by atoms with E-state index in [0.717, 1.165) is 68.8 Å². The van der Waals surface area contributed by atoms with Crippen molar-refractivity contribution >= 4 is 21.8 Å². The average molecular weight is 882 g/mol. The van der Waals surface area contributed by atoms with Gasteiger partial charge in [0, 0.05) is 34.5 Å². The number of aromatic nitrogens is 4. The number of aryl methyl sites for hydroxylation is 3. The van der Waals surface area contributed by atoms with Gasteiger partial charge in [-0.3, -0.25) is 4.68 Å². The Labute approximate surface area is 329 Å². The van der Waals surface area contributed by atoms with Crippen LogP contribution in [-0.2, 0) is 27.5 Å². The fourth-order valence-electron chi connectivity index (χ4n) is 7.50. The smallest absolute Gasteiger partial charge is 0.509 e. The minimum atomic E-state index is 0. The SMILES string of the molecule is CCCc1cc(Oc2[c-]c3c(cc2)c2cc(C(C)CCCC(C)(C)C)ccc2n3-c2cc(C)ccn2)[c-]c(-n2nc(C)c(-c3ccccc3)c2C)c1.[Pt+2]. The van der Waals surface area contributed by atoms with Gasteiger partial charge in [0.15, 0.2) is 0 Å². The molecular formula is C47H50N4OPt. The van der Waals surface area contributed by atoms with Crippen LogP contribution >= 0.6 is 0 Å². The van der Waals surface area contributed by atoms with Gasteiger partial charge in [-0.2, -0.15) is 16.7 Å². The number of benzene rings is 4. The van der Waals surface area contributed by atoms with E-state index in [1.165, 1.54) is 35.8 Å². The first-order valence-corrected chi connectivity index (χ1v) is 18.8. The standard InChI is InChI=1S/C47H50N4O.Pt/c1-9-14-35-26-38(51-34(5)46(33(4)49-51)36-16-11-10-12-17-36)29-40(27-35)52-39-19-20-41-42-28-37(32(3)15-13-23-47(6,7)8)18-21-43(42)50(44(41)30-39)45-25-31(2)22-24-48-45;/h10-12,16-22,24-28,32H,9,13-15,23H2,1-8H3;/q-2;+2. The van der Waals surface area contributed by atoms with Crippen LogP contribution in [0.15, 0.2) is 91.1 Å². The van der Waals surface area contributed by atoms with Crippen LogP contribution in [0.25, 0.3) is 44.4 Å². The fraction of sp³-hybridized carbons (Fsp3) is 0.319. The van der Waals surface area contributed by atoms with Crippen LogP contribution in [0.1, 0.15) is 94.3 Å². The first kappa shape index (κ1) is 38.3. The zero-order chi connectivity index (χ0) is 36.6. The first-order valence-electron chi connectivity index (χ1n) is 18.8. The Kier molecular flexibility index (Phi) is 11.5. The number of fused-ring (bicyclic) bond motifs is 3. The Hall–Kier alpha value is -4.47. The summed E-state index contributed by atoms with van der Waals surface area (Å²) in [5, 5.41) is 7.32. The predicted molar refractivity (Wildman–Crippen MR) is 215 cm³/mol. The zero-order valence-corrected chi connectivity index (χ0v) is 34.6. The molecule has 7 rings (SSSR count). The topological polar surface area (TPSA) is 44.9 Å². The third-order valence-electron chi connectivity index (χ3n) is 10.2. The summed E-state index contributed by atoms with van der Waals surface area (Å²) in [4.78, 5) is 4.82. The number of pyridine rings is 1. The van der Waals surface area contributed by atoms with Crippen LogP contribution in [0.2, 0.25) is 0 Å². The molecule has 0 fully saturated rings. The van der Waals surface area contributed by atoms with Crippen LogP contribution in [0.5, 0.6) is 11.5 Å². The van der Waals surface area contributed by atoms with Crippen molar-refractivity contribution in [2.24, 2.45) is 5.41 Å². The summed E-state index contributed by atoms with van der Waals surface area (Å²) in [5.41, 5.74) is 11.4. The Morgan fingerprint density at radius 2 is 1.64 bits per heavy atom. The van der Waals surface area contributed by atoms with Crippen LogP contribution in [-0.4, -0.2) is 19.3 Å². The van der Waals surface area contributed by atoms with Crippen LogP contribution in [0.3, 0.4) is 0 Å². The average Bonchev–Trinajstić information content (AvgIpc) is 3.60. The largest absolute Gasteiger partial charge is 2.00 e. The fourth-order valence-corrected chi connectivity index (χ4v) is 7.50. The predicted octanol–water partition coefficient (Wildman–Crippen LogP) is 12.6. The molecule has 0 radical (unpaired) electrons. The molecule has 0 aliphatic rings. The van der Waals surface area contributed by atoms with Gasteiger partial charge in [0.25, 0.3) is 0 Å². The summed E-state index contributed by atoms with van der Waals surface area (Å²) >= 11 is 0. The van der Waals surface area contributed by atoms with Gasteiger partial charge in [-0.1, -0.05) is 102 Å². The van der Waals surface area contributed by atoms with E-state index >= 15 is 0 Å². The Bertz CT molecular complexity index is 2360. The molecule has 3 heterocycles. The molecule has 4 aromatic carbocycles. The molecule has 1 atom stereocenters. The van der Waals surface area contributed by atoms with E-state index in [2.05, 4.69) is 139 Å². The molecule has 7 aromatic rings. The van der Waals surface area contributed by atoms with Gasteiger partial charge < -0.3 is 9.30 Å². The van der Waals surface area contributed by atoms with Crippen molar-refractivity contribution in [1.29, 1.82) is 0 Å². The number of hydrogen-bond acceptors (Lipinski definition) is 3. The molecule has 5 nitrogen and oxygen atoms in total. The van der Waals surface area contributed by atoms with E-state index in [9.17, 15) is 0 Å². The molecule has 3 aromatic heterocycles. The van der Waals surface area contributed by atoms with E-state index < -0.39 is 0 Å². The molecule has 0 aliphatic carbocycles. The summed E-state index contributed by atoms with van der Waals surface area (Å²) in [6, 6.07) is 37.3. The summed E-state index contributed by atoms with van der Waals surface area (Å²) in [5.74, 6) is 2.62. The molecule has 0 aliphatic heterocycles. The molecular weight excluding hydrogens is 832 g/mol. The Balaban J connectivity index is 0.00000481. The van der Waals surface area contributed by atoms with Crippen LogP contribution < -0.4 is 4.74 Å². The summed E-state index contributed by atoms with van der Waals surface area (Å²) in [6.45, 7) is 17.8. The van der Waals surface area contributed by atoms with Gasteiger partial charge in [0.1, 0.15) is 5.82 Å². The van der Waals surface area contributed by atoms with Crippen molar-refractivity contribution in [2.75, 3.05) is 0 Å². The van der Waals surface area contributed by atoms with Crippen molar-refractivity contribution in [3.05, 3.63) is 131 Å². The van der Waals surface area contributed by atoms with Crippen LogP contribution in [0.4, 0.5) is 0 Å². The molecule has 0 saturated carbocycles. The van der Waals surface area contributed by atoms with Gasteiger partial charge in [-0.05, 0) is 90.9 Å². The van der Waals surface area contributed by atoms with Gasteiger partial charge in [0.2, 0.25) is 0 Å². The Morgan fingerprint density at radius 3 is 2.38 bits per heavy atom. The Morgan fingerprint density at radius 1 is 0.849 bits per heavy atom. The second-order valence-corrected chi connectivity index (χ2v) is 15.7. The second kappa shape index (κ2) is 15.9. The maximum absolute atomic E-state index is 6.66. The maximum atomic E-state index is 6.66. The number of hydrogen-bond donors (Lipinski definition) is 0. The summed E-state index contributed by atoms with van der Waals surface area (Å²) in [6.07, 6.45) is 7.45. The molecule has 0 saturated heterocycles. The van der Waals surface area contributed by atoms with E-state index in [-0.39, 0.29) is 21.1 Å². The molecule has 274 valence electrons. The molecule has 6 heteroatoms. The van der Waals surface area contributed by atoms with Gasteiger partial charge in [0.05, 0.1) is 5.69 Å². The first-order chi connectivity index (χ1) is 25.0. The van der Waals surface area contributed by atoms with Gasteiger partial charge in [-0.15, -0.1) is 35.7 Å². The van der Waals surface area contributed by atoms with Crippen molar-refractivity contribution in [3.8, 4) is 34.1 Å². The molecule has 53 heavy (non-hydrogen) atoms. The molecule has 1 unspecified atom stereocenters. The molecule has 0 N–H and O–H groups in total. The molecule has 0 amide bonds. The molecule has 0 bridgehead atoms. The minimum absolute atomic E-state index is 0. The summed E-state index contributed by atoms with van der Waals surface area (Å²) in [7, 11) is 0. The van der Waals surface area contributed by atoms with E-state index in [1.807, 2.05) is 29.1 Å². The minimum Gasteiger partial charge on any atom is -0.509 e. The van der Waals surface area contributed by atoms with E-state index in [4.69, 9.17) is 14.8 Å². The van der Waals surface area contributed by atoms with E-state index in [1.54, 1.807) is 0 Å². The zero-order valence-electron chi connectivity index (χ0n) is 32.3. The van der Waals surface area contributed by atoms with Gasteiger partial charge >= 0.3 is 21.1 Å². The summed E-state index contributed by atoms with van der Waals surface area (Å²) < 4.78 is 10.9. The van der Waals surface area contributed by atoms with Crippen LogP contribution in [0, 0.1) is 38.3 Å². The third-order valence-corrected chi connectivity index (χ3v) is 10.2. The second-order valence-electron chi connectivity index (χ2n) is 15.7. The number of nitrogens with zero attached hydrogens (tertiary/aromatic N) is 4. The quantitative estimate of drug-likeness (QED) is 0.122. The third kappa shape index (κ3) is 8.21. The van der Waals surface area contributed by atoms with E-state index in [0.29, 0.717) is 22.8 Å². The van der Waals surface area contributed by atoms with Crippen molar-refractivity contribution in [2.45, 2.75) is 93.4 Å². The van der Waals surface area contributed by atoms with Crippen molar-refractivity contribution in [1.82, 2.24) is 19.3 Å². The van der Waals surface area contributed by atoms with Crippen molar-refractivity contribution < 1.29 is 25.8 Å². The molecule has 0 spiro atoms. The normalized spacial score (nSPS) is 12.3. The number of ether oxygens (including phenoxy) is 1. The van der Waals surface area contributed by atoms with Gasteiger partial charge in [-0.25, -0.2) is 4.98 Å². The van der Waals surface area contributed by atoms with Crippen molar-refractivity contribution in [3.63, 3.8) is 0 Å². The monoisotopic (exact) mass is 881 g/mol.